The van der Waals surface area contributed by atoms with Crippen LogP contribution in [-0.4, -0.2) is 0 Å². The second kappa shape index (κ2) is 5.09. The first-order chi connectivity index (χ1) is 9.72. The van der Waals surface area contributed by atoms with E-state index in [2.05, 4.69) is 50.2 Å². The minimum absolute atomic E-state index is 0.130. The van der Waals surface area contributed by atoms with Crippen LogP contribution in [0.3, 0.4) is 0 Å². The Morgan fingerprint density at radius 3 is 1.55 bits per heavy atom. The quantitative estimate of drug-likeness (QED) is 0.665. The smallest absolute Gasteiger partial charge is 0.194 e. The molecule has 0 aliphatic heterocycles. The Balaban J connectivity index is 2.44. The Bertz CT molecular complexity index is 777. The van der Waals surface area contributed by atoms with Crippen LogP contribution in [0, 0.1) is 0 Å². The number of hydrogen-bond acceptors (Lipinski definition) is 1. The maximum atomic E-state index is 12.7. The molecule has 3 aromatic rings. The van der Waals surface area contributed by atoms with E-state index in [-0.39, 0.29) is 5.43 Å². The largest absolute Gasteiger partial charge is 0.289 e. The Morgan fingerprint density at radius 2 is 1.15 bits per heavy atom. The Morgan fingerprint density at radius 1 is 0.700 bits per heavy atom. The van der Waals surface area contributed by atoms with Gasteiger partial charge in [-0.1, -0.05) is 62.4 Å². The molecule has 0 saturated heterocycles. The van der Waals surface area contributed by atoms with Crippen LogP contribution in [0.15, 0.2) is 53.3 Å². The van der Waals surface area contributed by atoms with Gasteiger partial charge in [-0.25, -0.2) is 0 Å². The monoisotopic (exact) mass is 262 g/mol. The first-order valence-corrected chi connectivity index (χ1v) is 7.21. The summed E-state index contributed by atoms with van der Waals surface area (Å²) < 4.78 is 0. The van der Waals surface area contributed by atoms with E-state index in [4.69, 9.17) is 0 Å². The van der Waals surface area contributed by atoms with Gasteiger partial charge in [0.1, 0.15) is 0 Å². The summed E-state index contributed by atoms with van der Waals surface area (Å²) in [6, 6.07) is 16.4. The molecular weight excluding hydrogens is 244 g/mol. The predicted molar refractivity (Wildman–Crippen MR) is 86.5 cm³/mol. The first-order valence-electron chi connectivity index (χ1n) is 7.21. The van der Waals surface area contributed by atoms with Gasteiger partial charge in [0.15, 0.2) is 5.43 Å². The normalized spacial score (nSPS) is 11.1. The third-order valence-corrected chi connectivity index (χ3v) is 3.98. The lowest BCUT2D eigenvalue weighted by atomic mass is 10.1. The average Bonchev–Trinajstić information content (AvgIpc) is 2.64. The van der Waals surface area contributed by atoms with Crippen LogP contribution >= 0.6 is 0 Å². The number of benzene rings is 2. The molecule has 100 valence electrons. The van der Waals surface area contributed by atoms with Crippen LogP contribution in [-0.2, 0) is 12.8 Å². The standard InChI is InChI=1S/C19H18O/c1-3-13-5-9-17-15(11-13)7-8-16-12-14(4-2)6-10-18(16)19(17)20/h5-12H,3-4H2,1-2H3. The van der Waals surface area contributed by atoms with Crippen molar-refractivity contribution in [3.8, 4) is 0 Å². The second-order valence-corrected chi connectivity index (χ2v) is 5.21. The van der Waals surface area contributed by atoms with Crippen LogP contribution < -0.4 is 5.43 Å². The van der Waals surface area contributed by atoms with Gasteiger partial charge in [0.2, 0.25) is 0 Å². The molecule has 0 amide bonds. The summed E-state index contributed by atoms with van der Waals surface area (Å²) in [6.45, 7) is 4.26. The molecule has 1 heteroatoms. The van der Waals surface area contributed by atoms with E-state index in [0.717, 1.165) is 34.4 Å². The van der Waals surface area contributed by atoms with Crippen molar-refractivity contribution in [2.24, 2.45) is 0 Å². The summed E-state index contributed by atoms with van der Waals surface area (Å²) in [4.78, 5) is 12.7. The van der Waals surface area contributed by atoms with Crippen molar-refractivity contribution in [3.63, 3.8) is 0 Å². The van der Waals surface area contributed by atoms with Gasteiger partial charge >= 0.3 is 0 Å². The maximum Gasteiger partial charge on any atom is 0.194 e. The van der Waals surface area contributed by atoms with Crippen LogP contribution in [0.25, 0.3) is 21.5 Å². The average molecular weight is 262 g/mol. The van der Waals surface area contributed by atoms with Gasteiger partial charge in [0.05, 0.1) is 0 Å². The molecule has 0 unspecified atom stereocenters. The van der Waals surface area contributed by atoms with E-state index in [1.807, 2.05) is 12.1 Å². The van der Waals surface area contributed by atoms with Gasteiger partial charge in [0.25, 0.3) is 0 Å². The molecule has 3 aromatic carbocycles. The van der Waals surface area contributed by atoms with E-state index in [1.165, 1.54) is 11.1 Å². The zero-order valence-electron chi connectivity index (χ0n) is 11.9. The van der Waals surface area contributed by atoms with Crippen molar-refractivity contribution in [2.45, 2.75) is 26.7 Å². The second-order valence-electron chi connectivity index (χ2n) is 5.21. The highest BCUT2D eigenvalue weighted by Gasteiger charge is 2.03. The van der Waals surface area contributed by atoms with E-state index in [1.54, 1.807) is 0 Å². The van der Waals surface area contributed by atoms with E-state index in [9.17, 15) is 4.79 Å². The van der Waals surface area contributed by atoms with Crippen molar-refractivity contribution >= 4 is 21.5 Å². The highest BCUT2D eigenvalue weighted by Crippen LogP contribution is 2.18. The summed E-state index contributed by atoms with van der Waals surface area (Å²) in [5.41, 5.74) is 2.66. The topological polar surface area (TPSA) is 17.1 Å². The van der Waals surface area contributed by atoms with Crippen molar-refractivity contribution in [3.05, 3.63) is 69.9 Å². The summed E-state index contributed by atoms with van der Waals surface area (Å²) in [7, 11) is 0. The van der Waals surface area contributed by atoms with Crippen molar-refractivity contribution < 1.29 is 0 Å². The number of hydrogen-bond donors (Lipinski definition) is 0. The fourth-order valence-electron chi connectivity index (χ4n) is 2.68. The van der Waals surface area contributed by atoms with Gasteiger partial charge in [-0.3, -0.25) is 4.79 Å². The van der Waals surface area contributed by atoms with Crippen LogP contribution in [0.1, 0.15) is 25.0 Å². The summed E-state index contributed by atoms with van der Waals surface area (Å²) in [5, 5.41) is 3.68. The molecule has 0 N–H and O–H groups in total. The predicted octanol–water partition coefficient (Wildman–Crippen LogP) is 4.48. The third kappa shape index (κ3) is 2.09. The maximum absolute atomic E-state index is 12.7. The molecule has 1 nitrogen and oxygen atoms in total. The molecular formula is C19H18O. The number of fused-ring (bicyclic) bond motifs is 2. The lowest BCUT2D eigenvalue weighted by Gasteiger charge is -1.98. The zero-order chi connectivity index (χ0) is 14.1. The zero-order valence-corrected chi connectivity index (χ0v) is 11.9. The van der Waals surface area contributed by atoms with Crippen LogP contribution in [0.4, 0.5) is 0 Å². The molecule has 0 aliphatic carbocycles. The highest BCUT2D eigenvalue weighted by atomic mass is 16.1. The minimum Gasteiger partial charge on any atom is -0.289 e. The molecule has 0 saturated carbocycles. The van der Waals surface area contributed by atoms with Gasteiger partial charge in [-0.05, 0) is 34.7 Å². The Labute approximate surface area is 118 Å². The van der Waals surface area contributed by atoms with Gasteiger partial charge < -0.3 is 0 Å². The fourth-order valence-corrected chi connectivity index (χ4v) is 2.68. The first kappa shape index (κ1) is 12.9. The summed E-state index contributed by atoms with van der Waals surface area (Å²) in [6.07, 6.45) is 1.98. The lowest BCUT2D eigenvalue weighted by molar-refractivity contribution is 1.15. The third-order valence-electron chi connectivity index (χ3n) is 3.98. The molecule has 0 spiro atoms. The van der Waals surface area contributed by atoms with Crippen LogP contribution in [0.5, 0.6) is 0 Å². The Kier molecular flexibility index (Phi) is 3.27. The molecule has 3 rings (SSSR count). The van der Waals surface area contributed by atoms with Crippen molar-refractivity contribution in [2.75, 3.05) is 0 Å². The number of rotatable bonds is 2. The van der Waals surface area contributed by atoms with Crippen molar-refractivity contribution in [1.29, 1.82) is 0 Å². The van der Waals surface area contributed by atoms with E-state index in [0.29, 0.717) is 0 Å². The molecule has 20 heavy (non-hydrogen) atoms. The molecule has 0 radical (unpaired) electrons. The highest BCUT2D eigenvalue weighted by molar-refractivity contribution is 5.93. The summed E-state index contributed by atoms with van der Waals surface area (Å²) in [5.74, 6) is 0. The van der Waals surface area contributed by atoms with Gasteiger partial charge in [-0.2, -0.15) is 0 Å². The Hall–Kier alpha value is -2.15. The van der Waals surface area contributed by atoms with Crippen molar-refractivity contribution in [1.82, 2.24) is 0 Å². The molecule has 0 aromatic heterocycles. The van der Waals surface area contributed by atoms with Gasteiger partial charge in [0, 0.05) is 10.8 Å². The molecule has 0 fully saturated rings. The molecule has 0 aliphatic rings. The molecule has 0 bridgehead atoms. The van der Waals surface area contributed by atoms with E-state index >= 15 is 0 Å². The lowest BCUT2D eigenvalue weighted by Crippen LogP contribution is -1.99. The number of aryl methyl sites for hydroxylation is 2. The molecule has 0 atom stereocenters. The SMILES string of the molecule is CCc1ccc2c(=O)c3ccc(CC)cc3ccc2c1. The van der Waals surface area contributed by atoms with E-state index < -0.39 is 0 Å². The van der Waals surface area contributed by atoms with Gasteiger partial charge in [-0.15, -0.1) is 0 Å². The minimum atomic E-state index is 0.130. The van der Waals surface area contributed by atoms with Crippen LogP contribution in [0.2, 0.25) is 0 Å². The fraction of sp³-hybridized carbons (Fsp3) is 0.211. The molecule has 0 heterocycles. The summed E-state index contributed by atoms with van der Waals surface area (Å²) >= 11 is 0.